The van der Waals surface area contributed by atoms with Crippen molar-refractivity contribution in [2.75, 3.05) is 0 Å². The lowest BCUT2D eigenvalue weighted by Crippen LogP contribution is -2.41. The van der Waals surface area contributed by atoms with Crippen LogP contribution in [0.15, 0.2) is 44.4 Å². The van der Waals surface area contributed by atoms with E-state index in [-0.39, 0.29) is 23.3 Å². The zero-order chi connectivity index (χ0) is 26.0. The molecule has 2 aromatic heterocycles. The molecule has 0 radical (unpaired) electrons. The molecule has 3 saturated carbocycles. The minimum Gasteiger partial charge on any atom is -0.506 e. The van der Waals surface area contributed by atoms with Gasteiger partial charge in [-0.15, -0.1) is 11.3 Å². The fourth-order valence-electron chi connectivity index (χ4n) is 7.10. The molecule has 1 amide bonds. The first-order valence-electron chi connectivity index (χ1n) is 13.6. The summed E-state index contributed by atoms with van der Waals surface area (Å²) in [5, 5.41) is 11.7. The Morgan fingerprint density at radius 1 is 1.03 bits per heavy atom. The third kappa shape index (κ3) is 4.16. The van der Waals surface area contributed by atoms with Crippen molar-refractivity contribution in [1.82, 2.24) is 4.90 Å². The lowest BCUT2D eigenvalue weighted by atomic mass is 9.84. The molecule has 3 aliphatic carbocycles. The maximum absolute atomic E-state index is 13.3. The molecule has 0 spiro atoms. The summed E-state index contributed by atoms with van der Waals surface area (Å²) in [4.78, 5) is 30.3. The SMILES string of the molecule is O=C1/C(=C\c2ccc(-c3c(O)c4ccc(C5CCCCC5)cc4oc3=O)s2)SC(=S)N1C1CC2CCC1C2. The van der Waals surface area contributed by atoms with E-state index in [0.29, 0.717) is 36.9 Å². The summed E-state index contributed by atoms with van der Waals surface area (Å²) < 4.78 is 6.37. The molecule has 5 nitrogen and oxygen atoms in total. The molecule has 4 fully saturated rings. The maximum atomic E-state index is 13.3. The highest BCUT2D eigenvalue weighted by atomic mass is 32.2. The Labute approximate surface area is 234 Å². The summed E-state index contributed by atoms with van der Waals surface area (Å²) in [6.45, 7) is 0. The lowest BCUT2D eigenvalue weighted by molar-refractivity contribution is -0.124. The Bertz CT molecular complexity index is 1550. The van der Waals surface area contributed by atoms with Crippen molar-refractivity contribution < 1.29 is 14.3 Å². The van der Waals surface area contributed by atoms with E-state index in [1.165, 1.54) is 67.2 Å². The van der Waals surface area contributed by atoms with Crippen molar-refractivity contribution >= 4 is 62.6 Å². The number of fused-ring (bicyclic) bond motifs is 3. The Morgan fingerprint density at radius 3 is 2.63 bits per heavy atom. The standard InChI is InChI=1S/C30H29NO4S3/c32-27-21-10-8-18(17-4-2-1-3-5-17)14-23(21)35-29(34)26(27)24-11-9-20(37-24)15-25-28(33)31(30(36)38-25)22-13-16-6-7-19(22)12-16/h8-11,14-17,19,22,32H,1-7,12-13H2/b25-15+. The molecule has 4 aliphatic rings. The van der Waals surface area contributed by atoms with Crippen LogP contribution in [0.2, 0.25) is 0 Å². The number of aromatic hydroxyl groups is 1. The van der Waals surface area contributed by atoms with Crippen molar-refractivity contribution in [2.24, 2.45) is 11.8 Å². The predicted molar refractivity (Wildman–Crippen MR) is 158 cm³/mol. The minimum atomic E-state index is -0.549. The third-order valence-corrected chi connectivity index (χ3v) is 11.4. The minimum absolute atomic E-state index is 0.00524. The zero-order valence-corrected chi connectivity index (χ0v) is 23.4. The van der Waals surface area contributed by atoms with Crippen LogP contribution in [-0.4, -0.2) is 26.3 Å². The van der Waals surface area contributed by atoms with E-state index in [9.17, 15) is 14.7 Å². The first kappa shape index (κ1) is 24.6. The number of hydrogen-bond donors (Lipinski definition) is 1. The van der Waals surface area contributed by atoms with Crippen LogP contribution < -0.4 is 5.63 Å². The van der Waals surface area contributed by atoms with Crippen molar-refractivity contribution in [3.63, 3.8) is 0 Å². The molecule has 8 heteroatoms. The van der Waals surface area contributed by atoms with Gasteiger partial charge in [0.05, 0.1) is 10.3 Å². The predicted octanol–water partition coefficient (Wildman–Crippen LogP) is 7.66. The van der Waals surface area contributed by atoms with Gasteiger partial charge in [0.15, 0.2) is 0 Å². The number of benzene rings is 1. The number of amides is 1. The van der Waals surface area contributed by atoms with Crippen LogP contribution in [0.1, 0.15) is 74.1 Å². The van der Waals surface area contributed by atoms with E-state index in [1.807, 2.05) is 29.2 Å². The van der Waals surface area contributed by atoms with Crippen molar-refractivity contribution in [3.8, 4) is 16.2 Å². The number of nitrogens with zero attached hydrogens (tertiary/aromatic N) is 1. The second-order valence-electron chi connectivity index (χ2n) is 11.2. The second-order valence-corrected chi connectivity index (χ2v) is 14.0. The van der Waals surface area contributed by atoms with Crippen LogP contribution in [-0.2, 0) is 4.79 Å². The van der Waals surface area contributed by atoms with Crippen LogP contribution in [0.25, 0.3) is 27.5 Å². The maximum Gasteiger partial charge on any atom is 0.348 e. The molecule has 1 aromatic carbocycles. The van der Waals surface area contributed by atoms with Crippen LogP contribution in [0.3, 0.4) is 0 Å². The first-order chi connectivity index (χ1) is 18.5. The normalized spacial score (nSPS) is 26.9. The lowest BCUT2D eigenvalue weighted by Gasteiger charge is -2.30. The van der Waals surface area contributed by atoms with Crippen molar-refractivity contribution in [1.29, 1.82) is 0 Å². The third-order valence-electron chi connectivity index (χ3n) is 8.98. The molecule has 1 aliphatic heterocycles. The number of hydrogen-bond acceptors (Lipinski definition) is 7. The Kier molecular flexibility index (Phi) is 6.25. The molecule has 3 unspecified atom stereocenters. The fourth-order valence-corrected chi connectivity index (χ4v) is 9.52. The van der Waals surface area contributed by atoms with E-state index in [0.717, 1.165) is 30.1 Å². The first-order valence-corrected chi connectivity index (χ1v) is 15.7. The Balaban J connectivity index is 1.16. The topological polar surface area (TPSA) is 70.7 Å². The summed E-state index contributed by atoms with van der Waals surface area (Å²) in [7, 11) is 0. The van der Waals surface area contributed by atoms with Gasteiger partial charge in [-0.25, -0.2) is 4.79 Å². The van der Waals surface area contributed by atoms with E-state index in [1.54, 1.807) is 6.07 Å². The number of carbonyl (C=O) groups excluding carboxylic acids is 1. The quantitative estimate of drug-likeness (QED) is 0.200. The van der Waals surface area contributed by atoms with Gasteiger partial charge < -0.3 is 9.52 Å². The average Bonchev–Trinajstić information content (AvgIpc) is 3.70. The largest absolute Gasteiger partial charge is 0.506 e. The highest BCUT2D eigenvalue weighted by molar-refractivity contribution is 8.26. The van der Waals surface area contributed by atoms with Crippen molar-refractivity contribution in [2.45, 2.75) is 69.7 Å². The van der Waals surface area contributed by atoms with Gasteiger partial charge in [0.1, 0.15) is 21.2 Å². The summed E-state index contributed by atoms with van der Waals surface area (Å²) in [6.07, 6.45) is 12.6. The molecule has 196 valence electrons. The van der Waals surface area contributed by atoms with Crippen LogP contribution >= 0.6 is 35.3 Å². The molecule has 1 saturated heterocycles. The van der Waals surface area contributed by atoms with Crippen LogP contribution in [0.5, 0.6) is 5.75 Å². The number of thiophene rings is 1. The molecule has 3 heterocycles. The van der Waals surface area contributed by atoms with E-state index in [4.69, 9.17) is 16.6 Å². The van der Waals surface area contributed by atoms with Crippen molar-refractivity contribution in [3.05, 3.63) is 56.1 Å². The highest BCUT2D eigenvalue weighted by Gasteiger charge is 2.48. The molecular formula is C30H29NO4S3. The van der Waals surface area contributed by atoms with Gasteiger partial charge in [0.2, 0.25) is 0 Å². The highest BCUT2D eigenvalue weighted by Crippen LogP contribution is 2.50. The smallest absolute Gasteiger partial charge is 0.348 e. The molecule has 38 heavy (non-hydrogen) atoms. The van der Waals surface area contributed by atoms with Gasteiger partial charge in [-0.2, -0.15) is 0 Å². The van der Waals surface area contributed by atoms with Gasteiger partial charge in [-0.3, -0.25) is 9.69 Å². The number of thiocarbonyl (C=S) groups is 1. The van der Waals surface area contributed by atoms with Gasteiger partial charge in [-0.1, -0.05) is 55.7 Å². The van der Waals surface area contributed by atoms with Gasteiger partial charge in [0.25, 0.3) is 5.91 Å². The summed E-state index contributed by atoms with van der Waals surface area (Å²) in [6, 6.07) is 9.77. The van der Waals surface area contributed by atoms with Gasteiger partial charge in [-0.05, 0) is 85.8 Å². The number of thioether (sulfide) groups is 1. The number of carbonyl (C=O) groups is 1. The summed E-state index contributed by atoms with van der Waals surface area (Å²) in [5.41, 5.74) is 1.22. The molecule has 1 N–H and O–H groups in total. The molecule has 3 atom stereocenters. The molecule has 3 aromatic rings. The zero-order valence-electron chi connectivity index (χ0n) is 21.0. The molecule has 2 bridgehead atoms. The van der Waals surface area contributed by atoms with Crippen LogP contribution in [0.4, 0.5) is 0 Å². The molecule has 7 rings (SSSR count). The monoisotopic (exact) mass is 563 g/mol. The fraction of sp³-hybridized carbons (Fsp3) is 0.433. The van der Waals surface area contributed by atoms with E-state index >= 15 is 0 Å². The second kappa shape index (κ2) is 9.65. The van der Waals surface area contributed by atoms with E-state index < -0.39 is 5.63 Å². The summed E-state index contributed by atoms with van der Waals surface area (Å²) >= 11 is 8.34. The number of rotatable bonds is 4. The van der Waals surface area contributed by atoms with Crippen LogP contribution in [0, 0.1) is 11.8 Å². The summed E-state index contributed by atoms with van der Waals surface area (Å²) in [5.74, 6) is 1.73. The Morgan fingerprint density at radius 2 is 1.87 bits per heavy atom. The van der Waals surface area contributed by atoms with Gasteiger partial charge >= 0.3 is 5.63 Å². The van der Waals surface area contributed by atoms with Gasteiger partial charge in [0, 0.05) is 15.8 Å². The van der Waals surface area contributed by atoms with E-state index in [2.05, 4.69) is 6.07 Å². The average molecular weight is 564 g/mol. The molecular weight excluding hydrogens is 535 g/mol. The Hall–Kier alpha value is -2.42.